The van der Waals surface area contributed by atoms with Gasteiger partial charge in [0, 0.05) is 31.3 Å². The van der Waals surface area contributed by atoms with Gasteiger partial charge in [0.05, 0.1) is 9.82 Å². The van der Waals surface area contributed by atoms with Crippen LogP contribution >= 0.6 is 0 Å². The highest BCUT2D eigenvalue weighted by molar-refractivity contribution is 7.89. The number of hydrogen-bond acceptors (Lipinski definition) is 6. The zero-order valence-corrected chi connectivity index (χ0v) is 17.3. The van der Waals surface area contributed by atoms with E-state index in [0.29, 0.717) is 18.7 Å². The van der Waals surface area contributed by atoms with Crippen molar-refractivity contribution in [3.63, 3.8) is 0 Å². The van der Waals surface area contributed by atoms with Crippen LogP contribution in [-0.4, -0.2) is 44.3 Å². The second-order valence-corrected chi connectivity index (χ2v) is 8.06. The summed E-state index contributed by atoms with van der Waals surface area (Å²) in [5, 5.41) is 14.3. The molecule has 0 spiro atoms. The van der Waals surface area contributed by atoms with E-state index in [0.717, 1.165) is 11.6 Å². The summed E-state index contributed by atoms with van der Waals surface area (Å²) in [5.74, 6) is -0.0496. The minimum Gasteiger partial charge on any atom is -0.375 e. The molecule has 0 saturated heterocycles. The molecule has 2 aromatic rings. The van der Waals surface area contributed by atoms with Gasteiger partial charge in [-0.2, -0.15) is 0 Å². The molecule has 10 heteroatoms. The fourth-order valence-corrected chi connectivity index (χ4v) is 3.50. The zero-order chi connectivity index (χ0) is 21.6. The third-order valence-electron chi connectivity index (χ3n) is 4.48. The van der Waals surface area contributed by atoms with Crippen LogP contribution in [0, 0.1) is 10.1 Å². The molecule has 0 unspecified atom stereocenters. The molecule has 0 aliphatic heterocycles. The molecule has 29 heavy (non-hydrogen) atoms. The number of amides is 1. The van der Waals surface area contributed by atoms with Crippen LogP contribution in [0.5, 0.6) is 0 Å². The van der Waals surface area contributed by atoms with E-state index in [2.05, 4.69) is 10.0 Å². The predicted molar refractivity (Wildman–Crippen MR) is 110 cm³/mol. The van der Waals surface area contributed by atoms with Crippen LogP contribution in [0.4, 0.5) is 11.4 Å². The van der Waals surface area contributed by atoms with Gasteiger partial charge >= 0.3 is 0 Å². The Hall–Kier alpha value is -2.98. The number of nitro groups is 1. The van der Waals surface area contributed by atoms with Crippen molar-refractivity contribution in [2.75, 3.05) is 25.5 Å². The molecule has 0 heterocycles. The zero-order valence-electron chi connectivity index (χ0n) is 16.5. The standard InChI is InChI=1S/C19H24N4O5S/c1-4-22(5-2)19(24)15-8-6-14(7-9-15)13-21-17-11-10-16(29(27,28)20-3)12-18(17)23(25)26/h6-12,20-21H,4-5,13H2,1-3H3. The van der Waals surface area contributed by atoms with Crippen molar-refractivity contribution in [2.45, 2.75) is 25.3 Å². The first-order valence-corrected chi connectivity index (χ1v) is 10.6. The van der Waals surface area contributed by atoms with Gasteiger partial charge in [0.25, 0.3) is 11.6 Å². The minimum atomic E-state index is -3.78. The lowest BCUT2D eigenvalue weighted by molar-refractivity contribution is -0.384. The molecule has 0 bridgehead atoms. The van der Waals surface area contributed by atoms with E-state index in [9.17, 15) is 23.3 Å². The molecular formula is C19H24N4O5S. The van der Waals surface area contributed by atoms with E-state index >= 15 is 0 Å². The van der Waals surface area contributed by atoms with Crippen molar-refractivity contribution in [3.8, 4) is 0 Å². The van der Waals surface area contributed by atoms with E-state index in [1.54, 1.807) is 29.2 Å². The third-order valence-corrected chi connectivity index (χ3v) is 5.89. The number of carbonyl (C=O) groups excluding carboxylic acids is 1. The van der Waals surface area contributed by atoms with Crippen LogP contribution in [0.15, 0.2) is 47.4 Å². The van der Waals surface area contributed by atoms with Crippen molar-refractivity contribution >= 4 is 27.3 Å². The Morgan fingerprint density at radius 3 is 2.24 bits per heavy atom. The number of carbonyl (C=O) groups is 1. The maximum Gasteiger partial charge on any atom is 0.293 e. The Bertz CT molecular complexity index is 986. The van der Waals surface area contributed by atoms with Gasteiger partial charge in [-0.05, 0) is 50.7 Å². The van der Waals surface area contributed by atoms with E-state index in [1.807, 2.05) is 13.8 Å². The van der Waals surface area contributed by atoms with Gasteiger partial charge in [-0.1, -0.05) is 12.1 Å². The van der Waals surface area contributed by atoms with Gasteiger partial charge in [0.2, 0.25) is 10.0 Å². The fraction of sp³-hybridized carbons (Fsp3) is 0.316. The molecule has 1 amide bonds. The number of nitro benzene ring substituents is 1. The SMILES string of the molecule is CCN(CC)C(=O)c1ccc(CNc2ccc(S(=O)(=O)NC)cc2[N+](=O)[O-])cc1. The molecular weight excluding hydrogens is 396 g/mol. The molecule has 0 atom stereocenters. The van der Waals surface area contributed by atoms with Crippen LogP contribution in [0.25, 0.3) is 0 Å². The molecule has 0 radical (unpaired) electrons. The normalized spacial score (nSPS) is 11.1. The molecule has 156 valence electrons. The predicted octanol–water partition coefficient (Wildman–Crippen LogP) is 2.60. The van der Waals surface area contributed by atoms with E-state index in [1.165, 1.54) is 19.2 Å². The highest BCUT2D eigenvalue weighted by atomic mass is 32.2. The lowest BCUT2D eigenvalue weighted by Crippen LogP contribution is -2.30. The molecule has 2 aromatic carbocycles. The highest BCUT2D eigenvalue weighted by Crippen LogP contribution is 2.28. The molecule has 0 aliphatic rings. The van der Waals surface area contributed by atoms with Gasteiger partial charge in [-0.25, -0.2) is 13.1 Å². The minimum absolute atomic E-state index is 0.0496. The monoisotopic (exact) mass is 420 g/mol. The highest BCUT2D eigenvalue weighted by Gasteiger charge is 2.20. The average molecular weight is 420 g/mol. The number of hydrogen-bond donors (Lipinski definition) is 2. The van der Waals surface area contributed by atoms with Crippen LogP contribution in [0.2, 0.25) is 0 Å². The van der Waals surface area contributed by atoms with Crippen LogP contribution in [0.1, 0.15) is 29.8 Å². The number of rotatable bonds is 9. The smallest absolute Gasteiger partial charge is 0.293 e. The Balaban J connectivity index is 2.17. The lowest BCUT2D eigenvalue weighted by Gasteiger charge is -2.18. The average Bonchev–Trinajstić information content (AvgIpc) is 2.73. The fourth-order valence-electron chi connectivity index (χ4n) is 2.75. The molecule has 2 N–H and O–H groups in total. The Labute approximate surface area is 169 Å². The van der Waals surface area contributed by atoms with Gasteiger partial charge in [0.15, 0.2) is 0 Å². The van der Waals surface area contributed by atoms with Gasteiger partial charge in [-0.15, -0.1) is 0 Å². The number of nitrogens with zero attached hydrogens (tertiary/aromatic N) is 2. The third kappa shape index (κ3) is 5.30. The quantitative estimate of drug-likeness (QED) is 0.475. The lowest BCUT2D eigenvalue weighted by atomic mass is 10.1. The summed E-state index contributed by atoms with van der Waals surface area (Å²) in [6.45, 7) is 5.36. The van der Waals surface area contributed by atoms with Crippen molar-refractivity contribution in [3.05, 3.63) is 63.7 Å². The van der Waals surface area contributed by atoms with E-state index in [-0.39, 0.29) is 28.7 Å². The molecule has 0 saturated carbocycles. The topological polar surface area (TPSA) is 122 Å². The van der Waals surface area contributed by atoms with Crippen molar-refractivity contribution in [1.29, 1.82) is 0 Å². The van der Waals surface area contributed by atoms with Crippen LogP contribution < -0.4 is 10.0 Å². The summed E-state index contributed by atoms with van der Waals surface area (Å²) in [7, 11) is -2.54. The number of anilines is 1. The maximum atomic E-state index is 12.3. The van der Waals surface area contributed by atoms with Gasteiger partial charge in [-0.3, -0.25) is 14.9 Å². The molecule has 0 aliphatic carbocycles. The summed E-state index contributed by atoms with van der Waals surface area (Å²) in [6.07, 6.45) is 0. The van der Waals surface area contributed by atoms with Gasteiger partial charge < -0.3 is 10.2 Å². The second kappa shape index (κ2) is 9.48. The summed E-state index contributed by atoms with van der Waals surface area (Å²) in [6, 6.07) is 10.7. The summed E-state index contributed by atoms with van der Waals surface area (Å²) in [4.78, 5) is 24.6. The van der Waals surface area contributed by atoms with Crippen molar-refractivity contribution < 1.29 is 18.1 Å². The van der Waals surface area contributed by atoms with E-state index < -0.39 is 14.9 Å². The number of sulfonamides is 1. The Morgan fingerprint density at radius 2 is 1.72 bits per heavy atom. The largest absolute Gasteiger partial charge is 0.375 e. The van der Waals surface area contributed by atoms with Crippen molar-refractivity contribution in [1.82, 2.24) is 9.62 Å². The Kier molecular flexibility index (Phi) is 7.29. The van der Waals surface area contributed by atoms with E-state index in [4.69, 9.17) is 0 Å². The summed E-state index contributed by atoms with van der Waals surface area (Å²) in [5.41, 5.74) is 1.26. The van der Waals surface area contributed by atoms with Crippen molar-refractivity contribution in [2.24, 2.45) is 0 Å². The molecule has 0 aromatic heterocycles. The summed E-state index contributed by atoms with van der Waals surface area (Å²) < 4.78 is 25.8. The second-order valence-electron chi connectivity index (χ2n) is 6.17. The van der Waals surface area contributed by atoms with Crippen LogP contribution in [-0.2, 0) is 16.6 Å². The first kappa shape index (κ1) is 22.3. The number of benzene rings is 2. The van der Waals surface area contributed by atoms with Crippen LogP contribution in [0.3, 0.4) is 0 Å². The molecule has 2 rings (SSSR count). The number of nitrogens with one attached hydrogen (secondary N) is 2. The first-order valence-electron chi connectivity index (χ1n) is 9.07. The summed E-state index contributed by atoms with van der Waals surface area (Å²) >= 11 is 0. The maximum absolute atomic E-state index is 12.3. The Morgan fingerprint density at radius 1 is 1.10 bits per heavy atom. The first-order chi connectivity index (χ1) is 13.7. The molecule has 9 nitrogen and oxygen atoms in total. The van der Waals surface area contributed by atoms with Gasteiger partial charge in [0.1, 0.15) is 5.69 Å². The molecule has 0 fully saturated rings.